The number of hydrogen-bond donors (Lipinski definition) is 0. The number of esters is 1. The van der Waals surface area contributed by atoms with E-state index in [0.717, 1.165) is 18.4 Å². The molecule has 0 saturated carbocycles. The smallest absolute Gasteiger partial charge is 0.335 e. The predicted molar refractivity (Wildman–Crippen MR) is 80.0 cm³/mol. The van der Waals surface area contributed by atoms with E-state index in [9.17, 15) is 14.0 Å². The van der Waals surface area contributed by atoms with Crippen LogP contribution in [0.3, 0.4) is 0 Å². The molecule has 0 aliphatic carbocycles. The summed E-state index contributed by atoms with van der Waals surface area (Å²) < 4.78 is 23.7. The Labute approximate surface area is 134 Å². The maximum Gasteiger partial charge on any atom is 0.335 e. The minimum atomic E-state index is -0.663. The lowest BCUT2D eigenvalue weighted by Crippen LogP contribution is -2.39. The number of likely N-dealkylation sites (tertiary alicyclic amines) is 1. The van der Waals surface area contributed by atoms with Crippen molar-refractivity contribution in [3.8, 4) is 0 Å². The molecule has 3 atom stereocenters. The van der Waals surface area contributed by atoms with Gasteiger partial charge in [-0.15, -0.1) is 0 Å². The summed E-state index contributed by atoms with van der Waals surface area (Å²) in [5.41, 5.74) is 0.804. The molecule has 2 aliphatic rings. The molecule has 23 heavy (non-hydrogen) atoms. The Balaban J connectivity index is 1.70. The van der Waals surface area contributed by atoms with E-state index in [1.165, 1.54) is 19.2 Å². The zero-order valence-corrected chi connectivity index (χ0v) is 13.0. The summed E-state index contributed by atoms with van der Waals surface area (Å²) in [5.74, 6) is -0.865. The van der Waals surface area contributed by atoms with Gasteiger partial charge in [-0.1, -0.05) is 12.1 Å². The molecule has 2 saturated heterocycles. The van der Waals surface area contributed by atoms with Crippen LogP contribution < -0.4 is 0 Å². The van der Waals surface area contributed by atoms with Crippen molar-refractivity contribution in [3.63, 3.8) is 0 Å². The molecule has 6 heteroatoms. The molecule has 1 aromatic rings. The van der Waals surface area contributed by atoms with Gasteiger partial charge in [-0.05, 0) is 43.4 Å². The lowest BCUT2D eigenvalue weighted by Gasteiger charge is -2.27. The Morgan fingerprint density at radius 2 is 2.04 bits per heavy atom. The molecule has 0 spiro atoms. The summed E-state index contributed by atoms with van der Waals surface area (Å²) in [6.07, 6.45) is 1.40. The molecule has 0 radical (unpaired) electrons. The average molecular weight is 321 g/mol. The van der Waals surface area contributed by atoms with Gasteiger partial charge in [-0.3, -0.25) is 4.79 Å². The summed E-state index contributed by atoms with van der Waals surface area (Å²) >= 11 is 0. The number of amides is 1. The highest BCUT2D eigenvalue weighted by Crippen LogP contribution is 2.34. The van der Waals surface area contributed by atoms with Crippen LogP contribution in [0.5, 0.6) is 0 Å². The van der Waals surface area contributed by atoms with Gasteiger partial charge in [0, 0.05) is 6.54 Å². The number of ether oxygens (including phenoxy) is 2. The topological polar surface area (TPSA) is 55.8 Å². The predicted octanol–water partition coefficient (Wildman–Crippen LogP) is 2.21. The van der Waals surface area contributed by atoms with Crippen LogP contribution in [-0.2, 0) is 19.1 Å². The fraction of sp³-hybridized carbons (Fsp3) is 0.529. The molecule has 1 amide bonds. The van der Waals surface area contributed by atoms with Gasteiger partial charge < -0.3 is 14.4 Å². The fourth-order valence-corrected chi connectivity index (χ4v) is 3.40. The van der Waals surface area contributed by atoms with E-state index in [4.69, 9.17) is 4.74 Å². The third-order valence-electron chi connectivity index (χ3n) is 4.53. The molecule has 5 nitrogen and oxygen atoms in total. The molecule has 2 fully saturated rings. The number of halogens is 1. The zero-order chi connectivity index (χ0) is 16.4. The standard InChI is InChI=1S/C17H20FNO4/c1-22-17(21)15-8-7-14(23-15)16(20)19-9-3-6-13(19)11-4-2-5-12(18)10-11/h2,4-5,10,13-15H,3,6-9H2,1H3/t13-,14+,15-/m0/s1. The first-order valence-corrected chi connectivity index (χ1v) is 7.89. The molecule has 1 aromatic carbocycles. The largest absolute Gasteiger partial charge is 0.467 e. The maximum absolute atomic E-state index is 13.4. The third-order valence-corrected chi connectivity index (χ3v) is 4.53. The van der Waals surface area contributed by atoms with Crippen molar-refractivity contribution < 1.29 is 23.5 Å². The van der Waals surface area contributed by atoms with Gasteiger partial charge in [0.25, 0.3) is 5.91 Å². The number of carbonyl (C=O) groups excluding carboxylic acids is 2. The van der Waals surface area contributed by atoms with E-state index in [1.54, 1.807) is 11.0 Å². The SMILES string of the molecule is COC(=O)[C@@H]1CC[C@H](C(=O)N2CCC[C@H]2c2cccc(F)c2)O1. The number of methoxy groups -OCH3 is 1. The van der Waals surface area contributed by atoms with Crippen molar-refractivity contribution in [3.05, 3.63) is 35.6 Å². The zero-order valence-electron chi connectivity index (χ0n) is 13.0. The minimum Gasteiger partial charge on any atom is -0.467 e. The molecule has 0 aromatic heterocycles. The van der Waals surface area contributed by atoms with E-state index in [-0.39, 0.29) is 17.8 Å². The van der Waals surface area contributed by atoms with E-state index in [2.05, 4.69) is 4.74 Å². The van der Waals surface area contributed by atoms with Gasteiger partial charge in [0.15, 0.2) is 6.10 Å². The quantitative estimate of drug-likeness (QED) is 0.801. The Hall–Kier alpha value is -1.95. The van der Waals surface area contributed by atoms with E-state index < -0.39 is 18.2 Å². The van der Waals surface area contributed by atoms with Crippen LogP contribution in [-0.4, -0.2) is 42.6 Å². The monoisotopic (exact) mass is 321 g/mol. The number of nitrogens with zero attached hydrogens (tertiary/aromatic N) is 1. The summed E-state index contributed by atoms with van der Waals surface area (Å²) in [6, 6.07) is 6.24. The second-order valence-corrected chi connectivity index (χ2v) is 5.96. The molecule has 0 bridgehead atoms. The van der Waals surface area contributed by atoms with Crippen molar-refractivity contribution in [2.75, 3.05) is 13.7 Å². The summed E-state index contributed by atoms with van der Waals surface area (Å²) in [4.78, 5) is 26.0. The van der Waals surface area contributed by atoms with Gasteiger partial charge in [-0.2, -0.15) is 0 Å². The lowest BCUT2D eigenvalue weighted by atomic mass is 10.0. The van der Waals surface area contributed by atoms with Crippen LogP contribution in [0.1, 0.15) is 37.3 Å². The Bertz CT molecular complexity index is 606. The van der Waals surface area contributed by atoms with E-state index in [0.29, 0.717) is 19.4 Å². The number of benzene rings is 1. The van der Waals surface area contributed by atoms with Crippen LogP contribution in [0.25, 0.3) is 0 Å². The van der Waals surface area contributed by atoms with Gasteiger partial charge in [0.1, 0.15) is 11.9 Å². The summed E-state index contributed by atoms with van der Waals surface area (Å²) in [5, 5.41) is 0. The van der Waals surface area contributed by atoms with Crippen LogP contribution in [0.4, 0.5) is 4.39 Å². The lowest BCUT2D eigenvalue weighted by molar-refractivity contribution is -0.157. The van der Waals surface area contributed by atoms with Gasteiger partial charge in [0.2, 0.25) is 0 Å². The summed E-state index contributed by atoms with van der Waals surface area (Å²) in [7, 11) is 1.31. The second kappa shape index (κ2) is 6.66. The van der Waals surface area contributed by atoms with E-state index in [1.807, 2.05) is 6.07 Å². The van der Waals surface area contributed by atoms with Crippen LogP contribution in [0, 0.1) is 5.82 Å². The average Bonchev–Trinajstić information content (AvgIpc) is 3.22. The number of carbonyl (C=O) groups is 2. The fourth-order valence-electron chi connectivity index (χ4n) is 3.40. The van der Waals surface area contributed by atoms with Gasteiger partial charge in [-0.25, -0.2) is 9.18 Å². The summed E-state index contributed by atoms with van der Waals surface area (Å²) in [6.45, 7) is 0.628. The normalized spacial score (nSPS) is 27.2. The van der Waals surface area contributed by atoms with Crippen molar-refractivity contribution in [2.45, 2.75) is 43.9 Å². The first kappa shape index (κ1) is 15.9. The third kappa shape index (κ3) is 3.22. The maximum atomic E-state index is 13.4. The first-order valence-electron chi connectivity index (χ1n) is 7.89. The molecule has 0 N–H and O–H groups in total. The molecular formula is C17H20FNO4. The molecule has 2 heterocycles. The van der Waals surface area contributed by atoms with Crippen LogP contribution in [0.15, 0.2) is 24.3 Å². The molecular weight excluding hydrogens is 301 g/mol. The van der Waals surface area contributed by atoms with E-state index >= 15 is 0 Å². The first-order chi connectivity index (χ1) is 11.1. The van der Waals surface area contributed by atoms with Gasteiger partial charge in [0.05, 0.1) is 13.2 Å². The van der Waals surface area contributed by atoms with Crippen molar-refractivity contribution >= 4 is 11.9 Å². The molecule has 124 valence electrons. The molecule has 3 rings (SSSR count). The minimum absolute atomic E-state index is 0.122. The molecule has 2 aliphatic heterocycles. The number of hydrogen-bond acceptors (Lipinski definition) is 4. The highest BCUT2D eigenvalue weighted by molar-refractivity contribution is 5.83. The Kier molecular flexibility index (Phi) is 4.61. The van der Waals surface area contributed by atoms with Crippen LogP contribution in [0.2, 0.25) is 0 Å². The number of rotatable bonds is 3. The Morgan fingerprint density at radius 1 is 1.26 bits per heavy atom. The van der Waals surface area contributed by atoms with Gasteiger partial charge >= 0.3 is 5.97 Å². The highest BCUT2D eigenvalue weighted by Gasteiger charge is 2.40. The van der Waals surface area contributed by atoms with Crippen molar-refractivity contribution in [1.82, 2.24) is 4.90 Å². The second-order valence-electron chi connectivity index (χ2n) is 5.96. The van der Waals surface area contributed by atoms with Crippen molar-refractivity contribution in [2.24, 2.45) is 0 Å². The highest BCUT2D eigenvalue weighted by atomic mass is 19.1. The van der Waals surface area contributed by atoms with Crippen LogP contribution >= 0.6 is 0 Å². The molecule has 0 unspecified atom stereocenters. The van der Waals surface area contributed by atoms with Crippen molar-refractivity contribution in [1.29, 1.82) is 0 Å². The Morgan fingerprint density at radius 3 is 2.78 bits per heavy atom.